The molecule has 1 heterocycles. The quantitative estimate of drug-likeness (QED) is 0.831. The van der Waals surface area contributed by atoms with E-state index in [0.29, 0.717) is 12.3 Å². The molecule has 3 heteroatoms. The van der Waals surface area contributed by atoms with Gasteiger partial charge in [-0.1, -0.05) is 0 Å². The predicted molar refractivity (Wildman–Crippen MR) is 59.7 cm³/mol. The largest absolute Gasteiger partial charge is 0.497 e. The first kappa shape index (κ1) is 9.97. The lowest BCUT2D eigenvalue weighted by molar-refractivity contribution is 0.0548. The highest BCUT2D eigenvalue weighted by molar-refractivity contribution is 5.43. The molecule has 3 rings (SSSR count). The van der Waals surface area contributed by atoms with E-state index in [9.17, 15) is 5.11 Å². The predicted octanol–water partition coefficient (Wildman–Crippen LogP) is 2.29. The van der Waals surface area contributed by atoms with Crippen LogP contribution >= 0.6 is 0 Å². The molecule has 3 nitrogen and oxygen atoms in total. The normalized spacial score (nSPS) is 28.1. The van der Waals surface area contributed by atoms with Crippen LogP contribution in [0.25, 0.3) is 0 Å². The van der Waals surface area contributed by atoms with E-state index in [4.69, 9.17) is 9.47 Å². The van der Waals surface area contributed by atoms with E-state index < -0.39 is 6.10 Å². The summed E-state index contributed by atoms with van der Waals surface area (Å²) in [5, 5.41) is 10.1. The fourth-order valence-electron chi connectivity index (χ4n) is 2.34. The second-order valence-electron chi connectivity index (χ2n) is 4.65. The Kier molecular flexibility index (Phi) is 2.28. The summed E-state index contributed by atoms with van der Waals surface area (Å²) in [5.41, 5.74) is 0.858. The molecule has 1 aromatic carbocycles. The van der Waals surface area contributed by atoms with Crippen LogP contribution in [0.15, 0.2) is 18.2 Å². The zero-order valence-electron chi connectivity index (χ0n) is 9.35. The van der Waals surface area contributed by atoms with Gasteiger partial charge in [0, 0.05) is 12.0 Å². The standard InChI is InChI=1S/C13H16O3/c1-15-9-4-5-12-10(6-9)11(14)7-13(16-12)8-2-3-8/h4-6,8,11,13-14H,2-3,7H2,1H3/t11-,13?/m0/s1. The third-order valence-electron chi connectivity index (χ3n) is 3.46. The van der Waals surface area contributed by atoms with Gasteiger partial charge >= 0.3 is 0 Å². The van der Waals surface area contributed by atoms with Crippen molar-refractivity contribution in [2.75, 3.05) is 7.11 Å². The second-order valence-corrected chi connectivity index (χ2v) is 4.65. The molecule has 16 heavy (non-hydrogen) atoms. The highest BCUT2D eigenvalue weighted by Gasteiger charge is 2.38. The first-order chi connectivity index (χ1) is 7.78. The minimum atomic E-state index is -0.413. The van der Waals surface area contributed by atoms with Crippen LogP contribution < -0.4 is 9.47 Å². The number of ether oxygens (including phenoxy) is 2. The van der Waals surface area contributed by atoms with E-state index in [1.807, 2.05) is 18.2 Å². The summed E-state index contributed by atoms with van der Waals surface area (Å²) < 4.78 is 11.1. The Morgan fingerprint density at radius 3 is 2.88 bits per heavy atom. The molecule has 1 saturated carbocycles. The van der Waals surface area contributed by atoms with Crippen molar-refractivity contribution in [1.29, 1.82) is 0 Å². The molecular weight excluding hydrogens is 204 g/mol. The fraction of sp³-hybridized carbons (Fsp3) is 0.538. The summed E-state index contributed by atoms with van der Waals surface area (Å²) in [7, 11) is 1.63. The number of aliphatic hydroxyl groups excluding tert-OH is 1. The van der Waals surface area contributed by atoms with E-state index >= 15 is 0 Å². The Labute approximate surface area is 95.0 Å². The minimum absolute atomic E-state index is 0.205. The van der Waals surface area contributed by atoms with Gasteiger partial charge in [0.25, 0.3) is 0 Å². The molecule has 0 aromatic heterocycles. The maximum Gasteiger partial charge on any atom is 0.125 e. The molecule has 1 aliphatic carbocycles. The molecule has 1 aromatic rings. The van der Waals surface area contributed by atoms with Gasteiger partial charge in [-0.2, -0.15) is 0 Å². The average molecular weight is 220 g/mol. The first-order valence-electron chi connectivity index (χ1n) is 5.80. The SMILES string of the molecule is COc1ccc2c(c1)[C@@H](O)CC(C1CC1)O2. The van der Waals surface area contributed by atoms with Gasteiger partial charge in [0.1, 0.15) is 17.6 Å². The summed E-state index contributed by atoms with van der Waals surface area (Å²) in [4.78, 5) is 0. The highest BCUT2D eigenvalue weighted by atomic mass is 16.5. The number of rotatable bonds is 2. The van der Waals surface area contributed by atoms with E-state index in [-0.39, 0.29) is 6.10 Å². The summed E-state index contributed by atoms with van der Waals surface area (Å²) in [6.45, 7) is 0. The summed E-state index contributed by atoms with van der Waals surface area (Å²) >= 11 is 0. The maximum atomic E-state index is 10.1. The van der Waals surface area contributed by atoms with E-state index in [1.54, 1.807) is 7.11 Å². The van der Waals surface area contributed by atoms with Crippen molar-refractivity contribution < 1.29 is 14.6 Å². The Morgan fingerprint density at radius 2 is 2.19 bits per heavy atom. The molecule has 1 unspecified atom stereocenters. The molecule has 1 fully saturated rings. The lowest BCUT2D eigenvalue weighted by atomic mass is 9.96. The summed E-state index contributed by atoms with van der Waals surface area (Å²) in [6.07, 6.45) is 2.98. The molecule has 0 amide bonds. The molecule has 2 atom stereocenters. The number of methoxy groups -OCH3 is 1. The van der Waals surface area contributed by atoms with Crippen LogP contribution in [0.2, 0.25) is 0 Å². The number of fused-ring (bicyclic) bond motifs is 1. The molecule has 0 radical (unpaired) electrons. The van der Waals surface area contributed by atoms with Crippen LogP contribution in [-0.2, 0) is 0 Å². The zero-order valence-corrected chi connectivity index (χ0v) is 9.35. The Balaban J connectivity index is 1.90. The lowest BCUT2D eigenvalue weighted by Crippen LogP contribution is -2.27. The van der Waals surface area contributed by atoms with Crippen molar-refractivity contribution in [3.63, 3.8) is 0 Å². The van der Waals surface area contributed by atoms with Crippen molar-refractivity contribution in [2.24, 2.45) is 5.92 Å². The van der Waals surface area contributed by atoms with Gasteiger partial charge in [-0.3, -0.25) is 0 Å². The highest BCUT2D eigenvalue weighted by Crippen LogP contribution is 2.44. The minimum Gasteiger partial charge on any atom is -0.497 e. The Hall–Kier alpha value is -1.22. The molecular formula is C13H16O3. The molecule has 0 bridgehead atoms. The number of hydrogen-bond donors (Lipinski definition) is 1. The molecule has 2 aliphatic rings. The van der Waals surface area contributed by atoms with Crippen LogP contribution in [-0.4, -0.2) is 18.3 Å². The van der Waals surface area contributed by atoms with E-state index in [1.165, 1.54) is 12.8 Å². The van der Waals surface area contributed by atoms with Gasteiger partial charge in [-0.05, 0) is 37.0 Å². The molecule has 1 aliphatic heterocycles. The monoisotopic (exact) mass is 220 g/mol. The molecule has 0 saturated heterocycles. The Bertz CT molecular complexity index is 398. The summed E-state index contributed by atoms with van der Waals surface area (Å²) in [5.74, 6) is 2.24. The van der Waals surface area contributed by atoms with E-state index in [0.717, 1.165) is 17.1 Å². The van der Waals surface area contributed by atoms with Gasteiger partial charge in [0.15, 0.2) is 0 Å². The van der Waals surface area contributed by atoms with Crippen molar-refractivity contribution in [3.05, 3.63) is 23.8 Å². The fourth-order valence-corrected chi connectivity index (χ4v) is 2.34. The average Bonchev–Trinajstić information content (AvgIpc) is 3.12. The van der Waals surface area contributed by atoms with Crippen molar-refractivity contribution in [3.8, 4) is 11.5 Å². The molecule has 0 spiro atoms. The third kappa shape index (κ3) is 1.65. The van der Waals surface area contributed by atoms with Crippen LogP contribution in [0, 0.1) is 5.92 Å². The number of hydrogen-bond acceptors (Lipinski definition) is 3. The van der Waals surface area contributed by atoms with Crippen LogP contribution in [0.4, 0.5) is 0 Å². The lowest BCUT2D eigenvalue weighted by Gasteiger charge is -2.29. The van der Waals surface area contributed by atoms with Crippen LogP contribution in [0.3, 0.4) is 0 Å². The topological polar surface area (TPSA) is 38.7 Å². The maximum absolute atomic E-state index is 10.1. The Morgan fingerprint density at radius 1 is 1.38 bits per heavy atom. The van der Waals surface area contributed by atoms with Crippen LogP contribution in [0.1, 0.15) is 30.9 Å². The van der Waals surface area contributed by atoms with Crippen molar-refractivity contribution in [2.45, 2.75) is 31.5 Å². The third-order valence-corrected chi connectivity index (χ3v) is 3.46. The van der Waals surface area contributed by atoms with Gasteiger partial charge in [-0.25, -0.2) is 0 Å². The van der Waals surface area contributed by atoms with Gasteiger partial charge in [-0.15, -0.1) is 0 Å². The van der Waals surface area contributed by atoms with Gasteiger partial charge < -0.3 is 14.6 Å². The summed E-state index contributed by atoms with van der Waals surface area (Å²) in [6, 6.07) is 5.63. The smallest absolute Gasteiger partial charge is 0.125 e. The van der Waals surface area contributed by atoms with Crippen LogP contribution in [0.5, 0.6) is 11.5 Å². The molecule has 86 valence electrons. The van der Waals surface area contributed by atoms with Gasteiger partial charge in [0.2, 0.25) is 0 Å². The van der Waals surface area contributed by atoms with E-state index in [2.05, 4.69) is 0 Å². The van der Waals surface area contributed by atoms with Gasteiger partial charge in [0.05, 0.1) is 13.2 Å². The van der Waals surface area contributed by atoms with Crippen molar-refractivity contribution >= 4 is 0 Å². The first-order valence-corrected chi connectivity index (χ1v) is 5.80. The zero-order chi connectivity index (χ0) is 11.1. The number of aliphatic hydroxyl groups is 1. The molecule has 1 N–H and O–H groups in total. The second kappa shape index (κ2) is 3.67. The van der Waals surface area contributed by atoms with Crippen molar-refractivity contribution in [1.82, 2.24) is 0 Å². The number of benzene rings is 1.